The van der Waals surface area contributed by atoms with Crippen LogP contribution in [0.4, 0.5) is 0 Å². The van der Waals surface area contributed by atoms with Crippen molar-refractivity contribution in [2.75, 3.05) is 40.0 Å². The van der Waals surface area contributed by atoms with Gasteiger partial charge in [0.15, 0.2) is 5.82 Å². The number of H-pyrrole nitrogens is 1. The number of pyridine rings is 1. The van der Waals surface area contributed by atoms with Crippen LogP contribution in [-0.2, 0) is 16.0 Å². The fraction of sp³-hybridized carbons (Fsp3) is 0.524. The molecule has 0 unspecified atom stereocenters. The van der Waals surface area contributed by atoms with Gasteiger partial charge in [0.25, 0.3) is 5.56 Å². The minimum Gasteiger partial charge on any atom is -0.497 e. The smallest absolute Gasteiger partial charge is 0.253 e. The molecule has 164 valence electrons. The van der Waals surface area contributed by atoms with Crippen LogP contribution in [0.2, 0.25) is 0 Å². The monoisotopic (exact) mass is 426 g/mol. The molecule has 0 radical (unpaired) electrons. The molecule has 2 aliphatic heterocycles. The standard InChI is InChI=1S/C21H26N6O4/c1-29-15-4-5-18-14(11-15)12-17(21(28)22-18)19(26-6-9-30-10-7-26)20-23-24-25-27(20)13-16-3-2-8-31-16/h4-5,11-12,16,19H,2-3,6-10,13H2,1H3,(H,22,28)/t16-,19+/m1/s1. The van der Waals surface area contributed by atoms with Crippen LogP contribution >= 0.6 is 0 Å². The van der Waals surface area contributed by atoms with Crippen LogP contribution in [-0.4, -0.2) is 76.2 Å². The zero-order valence-electron chi connectivity index (χ0n) is 17.5. The average Bonchev–Trinajstić information content (AvgIpc) is 3.48. The van der Waals surface area contributed by atoms with Crippen molar-refractivity contribution in [3.8, 4) is 5.75 Å². The van der Waals surface area contributed by atoms with Crippen molar-refractivity contribution >= 4 is 10.9 Å². The van der Waals surface area contributed by atoms with Gasteiger partial charge in [-0.05, 0) is 47.5 Å². The molecule has 0 saturated carbocycles. The Bertz CT molecular complexity index is 1100. The second kappa shape index (κ2) is 8.74. The minimum absolute atomic E-state index is 0.0896. The molecule has 4 heterocycles. The number of aromatic nitrogens is 5. The van der Waals surface area contributed by atoms with E-state index in [9.17, 15) is 4.79 Å². The summed E-state index contributed by atoms with van der Waals surface area (Å²) in [6.07, 6.45) is 2.12. The second-order valence-corrected chi connectivity index (χ2v) is 7.91. The van der Waals surface area contributed by atoms with E-state index in [1.165, 1.54) is 0 Å². The molecule has 5 rings (SSSR count). The second-order valence-electron chi connectivity index (χ2n) is 7.91. The molecular weight excluding hydrogens is 400 g/mol. The molecule has 0 aliphatic carbocycles. The normalized spacial score (nSPS) is 20.9. The van der Waals surface area contributed by atoms with Crippen molar-refractivity contribution in [2.45, 2.75) is 31.5 Å². The van der Waals surface area contributed by atoms with Gasteiger partial charge in [0, 0.05) is 36.2 Å². The van der Waals surface area contributed by atoms with Gasteiger partial charge < -0.3 is 19.2 Å². The van der Waals surface area contributed by atoms with Crippen molar-refractivity contribution in [1.29, 1.82) is 0 Å². The Hall–Kier alpha value is -2.82. The molecule has 31 heavy (non-hydrogen) atoms. The summed E-state index contributed by atoms with van der Waals surface area (Å²) in [4.78, 5) is 18.4. The number of aromatic amines is 1. The SMILES string of the molecule is COc1ccc2[nH]c(=O)c([C@@H](c3nnnn3C[C@H]3CCCO3)N3CCOCC3)cc2c1. The zero-order valence-corrected chi connectivity index (χ0v) is 17.5. The first-order chi connectivity index (χ1) is 15.2. The summed E-state index contributed by atoms with van der Waals surface area (Å²) in [7, 11) is 1.63. The number of benzene rings is 1. The van der Waals surface area contributed by atoms with Crippen LogP contribution in [0.15, 0.2) is 29.1 Å². The maximum absolute atomic E-state index is 13.2. The van der Waals surface area contributed by atoms with Crippen molar-refractivity contribution < 1.29 is 14.2 Å². The Kier molecular flexibility index (Phi) is 5.66. The first kappa shape index (κ1) is 20.1. The van der Waals surface area contributed by atoms with Gasteiger partial charge in [0.1, 0.15) is 11.8 Å². The first-order valence-electron chi connectivity index (χ1n) is 10.6. The number of tetrazole rings is 1. The van der Waals surface area contributed by atoms with Crippen LogP contribution in [0.1, 0.15) is 30.3 Å². The molecule has 1 aromatic carbocycles. The molecule has 10 nitrogen and oxygen atoms in total. The number of nitrogens with zero attached hydrogens (tertiary/aromatic N) is 5. The minimum atomic E-state index is -0.389. The van der Waals surface area contributed by atoms with Gasteiger partial charge in [-0.3, -0.25) is 9.69 Å². The van der Waals surface area contributed by atoms with Crippen molar-refractivity contribution in [2.24, 2.45) is 0 Å². The number of rotatable bonds is 6. The number of ether oxygens (including phenoxy) is 3. The van der Waals surface area contributed by atoms with Crippen molar-refractivity contribution in [3.05, 3.63) is 46.0 Å². The molecule has 2 fully saturated rings. The summed E-state index contributed by atoms with van der Waals surface area (Å²) in [5.74, 6) is 1.38. The van der Waals surface area contributed by atoms with Crippen LogP contribution in [0.5, 0.6) is 5.75 Å². The van der Waals surface area contributed by atoms with E-state index in [-0.39, 0.29) is 17.7 Å². The molecule has 2 aliphatic rings. The lowest BCUT2D eigenvalue weighted by Gasteiger charge is -2.33. The lowest BCUT2D eigenvalue weighted by molar-refractivity contribution is 0.0205. The summed E-state index contributed by atoms with van der Waals surface area (Å²) >= 11 is 0. The van der Waals surface area contributed by atoms with Crippen LogP contribution < -0.4 is 10.3 Å². The van der Waals surface area contributed by atoms with Gasteiger partial charge in [-0.1, -0.05) is 0 Å². The van der Waals surface area contributed by atoms with E-state index < -0.39 is 0 Å². The summed E-state index contributed by atoms with van der Waals surface area (Å²) in [5, 5.41) is 13.4. The summed E-state index contributed by atoms with van der Waals surface area (Å²) in [5.41, 5.74) is 1.21. The van der Waals surface area contributed by atoms with Crippen molar-refractivity contribution in [1.82, 2.24) is 30.1 Å². The van der Waals surface area contributed by atoms with E-state index in [0.717, 1.165) is 36.1 Å². The molecule has 10 heteroatoms. The number of fused-ring (bicyclic) bond motifs is 1. The van der Waals surface area contributed by atoms with Gasteiger partial charge in [-0.2, -0.15) is 0 Å². The summed E-state index contributed by atoms with van der Waals surface area (Å²) in [6, 6.07) is 7.13. The third-order valence-corrected chi connectivity index (χ3v) is 5.99. The highest BCUT2D eigenvalue weighted by Gasteiger charge is 2.32. The van der Waals surface area contributed by atoms with Crippen LogP contribution in [0.25, 0.3) is 10.9 Å². The Balaban J connectivity index is 1.59. The van der Waals surface area contributed by atoms with Crippen molar-refractivity contribution in [3.63, 3.8) is 0 Å². The predicted octanol–water partition coefficient (Wildman–Crippen LogP) is 1.12. The fourth-order valence-electron chi connectivity index (χ4n) is 4.39. The number of methoxy groups -OCH3 is 1. The quantitative estimate of drug-likeness (QED) is 0.625. The fourth-order valence-corrected chi connectivity index (χ4v) is 4.39. The predicted molar refractivity (Wildman–Crippen MR) is 112 cm³/mol. The average molecular weight is 426 g/mol. The Labute approximate surface area is 179 Å². The number of hydrogen-bond donors (Lipinski definition) is 1. The van der Waals surface area contributed by atoms with E-state index in [1.807, 2.05) is 24.3 Å². The zero-order chi connectivity index (χ0) is 21.2. The molecule has 2 aromatic heterocycles. The van der Waals surface area contributed by atoms with Gasteiger partial charge >= 0.3 is 0 Å². The maximum atomic E-state index is 13.2. The lowest BCUT2D eigenvalue weighted by atomic mass is 10.0. The van der Waals surface area contributed by atoms with Gasteiger partial charge in [0.05, 0.1) is 33.0 Å². The molecule has 3 aromatic rings. The van der Waals surface area contributed by atoms with Gasteiger partial charge in [-0.15, -0.1) is 5.10 Å². The molecule has 0 spiro atoms. The molecular formula is C21H26N6O4. The van der Waals surface area contributed by atoms with Crippen LogP contribution in [0.3, 0.4) is 0 Å². The Morgan fingerprint density at radius 1 is 1.26 bits per heavy atom. The Morgan fingerprint density at radius 3 is 2.90 bits per heavy atom. The molecule has 2 saturated heterocycles. The summed E-state index contributed by atoms with van der Waals surface area (Å²) < 4.78 is 18.5. The molecule has 2 atom stereocenters. The molecule has 0 bridgehead atoms. The number of nitrogens with one attached hydrogen (secondary N) is 1. The highest BCUT2D eigenvalue weighted by atomic mass is 16.5. The van der Waals surface area contributed by atoms with Gasteiger partial charge in [0.2, 0.25) is 0 Å². The Morgan fingerprint density at radius 2 is 2.13 bits per heavy atom. The lowest BCUT2D eigenvalue weighted by Crippen LogP contribution is -2.42. The third kappa shape index (κ3) is 4.06. The highest BCUT2D eigenvalue weighted by Crippen LogP contribution is 2.29. The van der Waals surface area contributed by atoms with Gasteiger partial charge in [-0.25, -0.2) is 4.68 Å². The van der Waals surface area contributed by atoms with E-state index in [0.29, 0.717) is 44.2 Å². The number of morpholine rings is 1. The topological polar surface area (TPSA) is 107 Å². The molecule has 0 amide bonds. The first-order valence-corrected chi connectivity index (χ1v) is 10.6. The number of hydrogen-bond acceptors (Lipinski definition) is 8. The van der Waals surface area contributed by atoms with E-state index in [1.54, 1.807) is 11.8 Å². The molecule has 1 N–H and O–H groups in total. The maximum Gasteiger partial charge on any atom is 0.253 e. The largest absolute Gasteiger partial charge is 0.497 e. The van der Waals surface area contributed by atoms with Crippen LogP contribution in [0, 0.1) is 0 Å². The third-order valence-electron chi connectivity index (χ3n) is 5.99. The summed E-state index contributed by atoms with van der Waals surface area (Å²) in [6.45, 7) is 3.91. The van der Waals surface area contributed by atoms with E-state index in [2.05, 4.69) is 25.4 Å². The van der Waals surface area contributed by atoms with E-state index in [4.69, 9.17) is 14.2 Å². The van der Waals surface area contributed by atoms with E-state index >= 15 is 0 Å². The highest BCUT2D eigenvalue weighted by molar-refractivity contribution is 5.80.